The first-order valence-corrected chi connectivity index (χ1v) is 9.80. The Hall–Kier alpha value is -3.11. The minimum absolute atomic E-state index is 0.0760. The molecule has 2 N–H and O–H groups in total. The van der Waals surface area contributed by atoms with E-state index in [1.165, 1.54) is 0 Å². The Morgan fingerprint density at radius 3 is 2.38 bits per heavy atom. The second kappa shape index (κ2) is 9.39. The van der Waals surface area contributed by atoms with Crippen LogP contribution < -0.4 is 0 Å². The zero-order chi connectivity index (χ0) is 20.8. The molecule has 3 aromatic carbocycles. The molecule has 150 valence electrons. The lowest BCUT2D eigenvalue weighted by molar-refractivity contribution is -0.143. The van der Waals surface area contributed by atoms with E-state index in [9.17, 15) is 15.0 Å². The fraction of sp³-hybridized carbons (Fsp3) is 0.240. The molecule has 0 aromatic heterocycles. The normalized spacial score (nSPS) is 10.7. The van der Waals surface area contributed by atoms with Crippen LogP contribution in [0.1, 0.15) is 30.0 Å². The molecule has 0 aliphatic carbocycles. The number of phenols is 1. The highest BCUT2D eigenvalue weighted by Crippen LogP contribution is 2.33. The highest BCUT2D eigenvalue weighted by atomic mass is 16.5. The first-order chi connectivity index (χ1) is 14.0. The molecule has 0 radical (unpaired) electrons. The van der Waals surface area contributed by atoms with Gasteiger partial charge in [0.05, 0.1) is 13.2 Å². The van der Waals surface area contributed by atoms with Gasteiger partial charge in [-0.25, -0.2) is 0 Å². The van der Waals surface area contributed by atoms with Crippen molar-refractivity contribution >= 4 is 5.97 Å². The van der Waals surface area contributed by atoms with Gasteiger partial charge in [-0.2, -0.15) is 0 Å². The fourth-order valence-electron chi connectivity index (χ4n) is 3.52. The highest BCUT2D eigenvalue weighted by Gasteiger charge is 2.12. The summed E-state index contributed by atoms with van der Waals surface area (Å²) in [6.45, 7) is 4.10. The fourth-order valence-corrected chi connectivity index (χ4v) is 3.52. The summed E-state index contributed by atoms with van der Waals surface area (Å²) < 4.78 is 5.02. The summed E-state index contributed by atoms with van der Waals surface area (Å²) in [5, 5.41) is 19.9. The minimum Gasteiger partial charge on any atom is -0.508 e. The van der Waals surface area contributed by atoms with Gasteiger partial charge in [0.2, 0.25) is 0 Å². The van der Waals surface area contributed by atoms with E-state index in [2.05, 4.69) is 6.07 Å². The number of esters is 1. The second-order valence-electron chi connectivity index (χ2n) is 7.05. The lowest BCUT2D eigenvalue weighted by atomic mass is 9.91. The molecule has 29 heavy (non-hydrogen) atoms. The third-order valence-electron chi connectivity index (χ3n) is 4.91. The predicted molar refractivity (Wildman–Crippen MR) is 115 cm³/mol. The maximum atomic E-state index is 11.8. The number of ether oxygens (including phenoxy) is 1. The number of benzene rings is 3. The van der Waals surface area contributed by atoms with E-state index in [4.69, 9.17) is 4.74 Å². The number of hydrogen-bond acceptors (Lipinski definition) is 4. The van der Waals surface area contributed by atoms with Crippen molar-refractivity contribution in [1.29, 1.82) is 0 Å². The minimum atomic E-state index is -0.257. The molecule has 0 atom stereocenters. The summed E-state index contributed by atoms with van der Waals surface area (Å²) >= 11 is 0. The van der Waals surface area contributed by atoms with Crippen LogP contribution in [-0.2, 0) is 22.6 Å². The van der Waals surface area contributed by atoms with Crippen LogP contribution in [0.25, 0.3) is 22.3 Å². The predicted octanol–water partition coefficient (Wildman–Crippen LogP) is 5.02. The van der Waals surface area contributed by atoms with Gasteiger partial charge in [0.15, 0.2) is 0 Å². The molecule has 0 amide bonds. The monoisotopic (exact) mass is 390 g/mol. The van der Waals surface area contributed by atoms with E-state index < -0.39 is 0 Å². The number of carbonyl (C=O) groups excluding carboxylic acids is 1. The quantitative estimate of drug-likeness (QED) is 0.556. The summed E-state index contributed by atoms with van der Waals surface area (Å²) in [4.78, 5) is 11.8. The van der Waals surface area contributed by atoms with E-state index >= 15 is 0 Å². The molecule has 0 unspecified atom stereocenters. The Morgan fingerprint density at radius 2 is 1.66 bits per heavy atom. The van der Waals surface area contributed by atoms with Crippen molar-refractivity contribution in [3.05, 3.63) is 77.4 Å². The van der Waals surface area contributed by atoms with Crippen molar-refractivity contribution in [3.8, 4) is 28.0 Å². The number of aliphatic hydroxyl groups excluding tert-OH is 1. The number of aliphatic hydroxyl groups is 1. The first kappa shape index (κ1) is 20.6. The van der Waals surface area contributed by atoms with Gasteiger partial charge in [-0.3, -0.25) is 4.79 Å². The summed E-state index contributed by atoms with van der Waals surface area (Å²) in [7, 11) is 0. The molecule has 4 heteroatoms. The number of aromatic hydroxyl groups is 1. The van der Waals surface area contributed by atoms with E-state index in [0.717, 1.165) is 38.9 Å². The molecule has 3 rings (SSSR count). The van der Waals surface area contributed by atoms with Crippen LogP contribution in [0.2, 0.25) is 0 Å². The summed E-state index contributed by atoms with van der Waals surface area (Å²) in [6, 6.07) is 19.3. The van der Waals surface area contributed by atoms with E-state index in [0.29, 0.717) is 13.0 Å². The van der Waals surface area contributed by atoms with Crippen molar-refractivity contribution in [2.75, 3.05) is 6.61 Å². The molecule has 0 spiro atoms. The molecule has 0 bridgehead atoms. The van der Waals surface area contributed by atoms with Gasteiger partial charge >= 0.3 is 5.97 Å². The van der Waals surface area contributed by atoms with Gasteiger partial charge < -0.3 is 14.9 Å². The Kier molecular flexibility index (Phi) is 6.68. The average Bonchev–Trinajstić information content (AvgIpc) is 2.72. The van der Waals surface area contributed by atoms with Crippen LogP contribution in [0, 0.1) is 6.92 Å². The van der Waals surface area contributed by atoms with Crippen molar-refractivity contribution in [3.63, 3.8) is 0 Å². The van der Waals surface area contributed by atoms with E-state index in [-0.39, 0.29) is 24.7 Å². The Morgan fingerprint density at radius 1 is 0.931 bits per heavy atom. The third kappa shape index (κ3) is 5.04. The van der Waals surface area contributed by atoms with Crippen molar-refractivity contribution in [1.82, 2.24) is 0 Å². The van der Waals surface area contributed by atoms with E-state index in [1.807, 2.05) is 49.4 Å². The third-order valence-corrected chi connectivity index (χ3v) is 4.91. The van der Waals surface area contributed by atoms with Gasteiger partial charge in [0, 0.05) is 6.42 Å². The lowest BCUT2D eigenvalue weighted by Gasteiger charge is -2.14. The van der Waals surface area contributed by atoms with Crippen LogP contribution in [0.15, 0.2) is 60.7 Å². The topological polar surface area (TPSA) is 66.8 Å². The second-order valence-corrected chi connectivity index (χ2v) is 7.05. The molecule has 0 aliphatic heterocycles. The zero-order valence-electron chi connectivity index (χ0n) is 16.8. The Bertz CT molecular complexity index is 1010. The highest BCUT2D eigenvalue weighted by molar-refractivity contribution is 5.76. The van der Waals surface area contributed by atoms with Crippen LogP contribution in [0.4, 0.5) is 0 Å². The maximum Gasteiger partial charge on any atom is 0.306 e. The SMILES string of the molecule is CCOC(=O)CCc1cc(O)ccc1-c1ccc(-c2cccc(C)c2)c(CO)c1. The summed E-state index contributed by atoms with van der Waals surface area (Å²) in [5.41, 5.74) is 6.78. The number of phenolic OH excluding ortho intramolecular Hbond substituents is 1. The first-order valence-electron chi connectivity index (χ1n) is 9.80. The number of hydrogen-bond donors (Lipinski definition) is 2. The molecule has 0 saturated carbocycles. The molecule has 0 heterocycles. The van der Waals surface area contributed by atoms with Crippen molar-refractivity contribution in [2.24, 2.45) is 0 Å². The van der Waals surface area contributed by atoms with Crippen LogP contribution in [0.5, 0.6) is 5.75 Å². The number of aryl methyl sites for hydroxylation is 2. The molecule has 0 saturated heterocycles. The Labute approximate surface area is 171 Å². The van der Waals surface area contributed by atoms with Crippen LogP contribution in [-0.4, -0.2) is 22.8 Å². The van der Waals surface area contributed by atoms with Crippen molar-refractivity contribution < 1.29 is 19.7 Å². The molecular formula is C25H26O4. The van der Waals surface area contributed by atoms with E-state index in [1.54, 1.807) is 19.1 Å². The van der Waals surface area contributed by atoms with Gasteiger partial charge in [-0.15, -0.1) is 0 Å². The lowest BCUT2D eigenvalue weighted by Crippen LogP contribution is -2.05. The molecular weight excluding hydrogens is 364 g/mol. The van der Waals surface area contributed by atoms with Gasteiger partial charge in [0.1, 0.15) is 5.75 Å². The Balaban J connectivity index is 1.97. The number of carbonyl (C=O) groups is 1. The zero-order valence-corrected chi connectivity index (χ0v) is 16.8. The van der Waals surface area contributed by atoms with Gasteiger partial charge in [0.25, 0.3) is 0 Å². The summed E-state index contributed by atoms with van der Waals surface area (Å²) in [5.74, 6) is -0.0981. The van der Waals surface area contributed by atoms with Crippen molar-refractivity contribution in [2.45, 2.75) is 33.3 Å². The molecule has 0 fully saturated rings. The number of rotatable bonds is 7. The van der Waals surface area contributed by atoms with Crippen LogP contribution >= 0.6 is 0 Å². The average molecular weight is 390 g/mol. The maximum absolute atomic E-state index is 11.8. The van der Waals surface area contributed by atoms with Crippen LogP contribution in [0.3, 0.4) is 0 Å². The summed E-state index contributed by atoms with van der Waals surface area (Å²) in [6.07, 6.45) is 0.717. The molecule has 4 nitrogen and oxygen atoms in total. The molecule has 3 aromatic rings. The van der Waals surface area contributed by atoms with Gasteiger partial charge in [-0.1, -0.05) is 48.0 Å². The standard InChI is InChI=1S/C25H26O4/c1-3-29-25(28)12-8-20-15-22(27)9-11-23(20)19-7-10-24(21(14-19)16-26)18-6-4-5-17(2)13-18/h4-7,9-11,13-15,26-27H,3,8,12,16H2,1-2H3. The van der Waals surface area contributed by atoms with Gasteiger partial charge in [-0.05, 0) is 71.8 Å². The largest absolute Gasteiger partial charge is 0.508 e. The molecule has 0 aliphatic rings. The smallest absolute Gasteiger partial charge is 0.306 e.